The third-order valence-electron chi connectivity index (χ3n) is 3.91. The van der Waals surface area contributed by atoms with Crippen LogP contribution in [0.3, 0.4) is 0 Å². The van der Waals surface area contributed by atoms with E-state index in [9.17, 15) is 4.79 Å². The van der Waals surface area contributed by atoms with E-state index in [2.05, 4.69) is 15.5 Å². The molecule has 3 rings (SSSR count). The number of benzene rings is 2. The Bertz CT molecular complexity index is 858. The van der Waals surface area contributed by atoms with Gasteiger partial charge in [0.05, 0.1) is 0 Å². The molecule has 0 saturated carbocycles. The summed E-state index contributed by atoms with van der Waals surface area (Å²) in [5.41, 5.74) is 0.736. The Morgan fingerprint density at radius 3 is 2.44 bits per heavy atom. The average molecular weight is 365 g/mol. The van der Waals surface area contributed by atoms with Gasteiger partial charge >= 0.3 is 0 Å². The standard InChI is InChI=1S/C21H23N3O3/c1-15(2)21-23-20(27-24-21)10-6-9-19(25)22-16-11-13-18(14-12-16)26-17-7-4-3-5-8-17/h3-5,7-8,11-15H,6,9-10H2,1-2H3,(H,22,25). The van der Waals surface area contributed by atoms with E-state index in [1.54, 1.807) is 0 Å². The van der Waals surface area contributed by atoms with Gasteiger partial charge in [-0.15, -0.1) is 0 Å². The van der Waals surface area contributed by atoms with Gasteiger partial charge in [0.25, 0.3) is 0 Å². The van der Waals surface area contributed by atoms with Crippen molar-refractivity contribution in [3.63, 3.8) is 0 Å². The van der Waals surface area contributed by atoms with Crippen LogP contribution in [0.1, 0.15) is 44.3 Å². The van der Waals surface area contributed by atoms with E-state index in [0.717, 1.165) is 17.2 Å². The number of nitrogens with one attached hydrogen (secondary N) is 1. The van der Waals surface area contributed by atoms with E-state index in [0.29, 0.717) is 31.0 Å². The van der Waals surface area contributed by atoms with Crippen LogP contribution in [-0.2, 0) is 11.2 Å². The zero-order chi connectivity index (χ0) is 19.1. The molecule has 1 amide bonds. The predicted molar refractivity (Wildman–Crippen MR) is 103 cm³/mol. The lowest BCUT2D eigenvalue weighted by Gasteiger charge is -2.08. The van der Waals surface area contributed by atoms with E-state index in [1.165, 1.54) is 0 Å². The Kier molecular flexibility index (Phi) is 6.20. The van der Waals surface area contributed by atoms with Gasteiger partial charge in [0.15, 0.2) is 5.82 Å². The number of ether oxygens (including phenoxy) is 1. The van der Waals surface area contributed by atoms with Crippen molar-refractivity contribution < 1.29 is 14.1 Å². The first-order chi connectivity index (χ1) is 13.1. The monoisotopic (exact) mass is 365 g/mol. The van der Waals surface area contributed by atoms with Crippen LogP contribution < -0.4 is 10.1 Å². The van der Waals surface area contributed by atoms with Crippen molar-refractivity contribution in [1.29, 1.82) is 0 Å². The van der Waals surface area contributed by atoms with Crippen molar-refractivity contribution in [2.45, 2.75) is 39.0 Å². The van der Waals surface area contributed by atoms with Crippen LogP contribution in [0.2, 0.25) is 0 Å². The molecule has 0 unspecified atom stereocenters. The van der Waals surface area contributed by atoms with E-state index in [-0.39, 0.29) is 11.8 Å². The number of amides is 1. The van der Waals surface area contributed by atoms with Gasteiger partial charge in [0, 0.05) is 24.4 Å². The number of nitrogens with zero attached hydrogens (tertiary/aromatic N) is 2. The summed E-state index contributed by atoms with van der Waals surface area (Å²) in [5.74, 6) is 2.96. The van der Waals surface area contributed by atoms with Gasteiger partial charge in [-0.1, -0.05) is 37.2 Å². The molecule has 0 atom stereocenters. The summed E-state index contributed by atoms with van der Waals surface area (Å²) >= 11 is 0. The van der Waals surface area contributed by atoms with Crippen molar-refractivity contribution >= 4 is 11.6 Å². The summed E-state index contributed by atoms with van der Waals surface area (Å²) in [6, 6.07) is 16.9. The topological polar surface area (TPSA) is 77.2 Å². The molecule has 140 valence electrons. The Labute approximate surface area is 158 Å². The average Bonchev–Trinajstić information content (AvgIpc) is 3.13. The number of hydrogen-bond donors (Lipinski definition) is 1. The highest BCUT2D eigenvalue weighted by atomic mass is 16.5. The second-order valence-electron chi connectivity index (χ2n) is 6.54. The minimum Gasteiger partial charge on any atom is -0.457 e. The summed E-state index contributed by atoms with van der Waals surface area (Å²) in [7, 11) is 0. The van der Waals surface area contributed by atoms with Gasteiger partial charge in [0.1, 0.15) is 11.5 Å². The number of anilines is 1. The first-order valence-corrected chi connectivity index (χ1v) is 9.05. The molecule has 6 nitrogen and oxygen atoms in total. The Balaban J connectivity index is 1.43. The number of rotatable bonds is 8. The van der Waals surface area contributed by atoms with E-state index >= 15 is 0 Å². The zero-order valence-electron chi connectivity index (χ0n) is 15.5. The maximum Gasteiger partial charge on any atom is 0.226 e. The number of carbonyl (C=O) groups is 1. The van der Waals surface area contributed by atoms with Crippen molar-refractivity contribution in [2.24, 2.45) is 0 Å². The molecule has 0 aliphatic rings. The molecule has 0 aliphatic carbocycles. The lowest BCUT2D eigenvalue weighted by molar-refractivity contribution is -0.116. The van der Waals surface area contributed by atoms with E-state index in [1.807, 2.05) is 68.4 Å². The number of aromatic nitrogens is 2. The summed E-state index contributed by atoms with van der Waals surface area (Å²) in [4.78, 5) is 16.4. The first kappa shape index (κ1) is 18.6. The van der Waals surface area contributed by atoms with Gasteiger partial charge in [0.2, 0.25) is 11.8 Å². The molecule has 1 heterocycles. The summed E-state index contributed by atoms with van der Waals surface area (Å²) in [5, 5.41) is 6.80. The smallest absolute Gasteiger partial charge is 0.226 e. The fraction of sp³-hybridized carbons (Fsp3) is 0.286. The molecule has 0 spiro atoms. The van der Waals surface area contributed by atoms with Gasteiger partial charge in [-0.3, -0.25) is 4.79 Å². The molecule has 0 saturated heterocycles. The fourth-order valence-corrected chi connectivity index (χ4v) is 2.46. The summed E-state index contributed by atoms with van der Waals surface area (Å²) < 4.78 is 10.9. The number of para-hydroxylation sites is 1. The molecule has 2 aromatic carbocycles. The second-order valence-corrected chi connectivity index (χ2v) is 6.54. The van der Waals surface area contributed by atoms with Crippen molar-refractivity contribution in [2.75, 3.05) is 5.32 Å². The van der Waals surface area contributed by atoms with Crippen LogP contribution in [0.5, 0.6) is 11.5 Å². The molecule has 1 aromatic heterocycles. The lowest BCUT2D eigenvalue weighted by Crippen LogP contribution is -2.11. The van der Waals surface area contributed by atoms with Gasteiger partial charge in [-0.05, 0) is 42.8 Å². The third-order valence-corrected chi connectivity index (χ3v) is 3.91. The van der Waals surface area contributed by atoms with Crippen LogP contribution >= 0.6 is 0 Å². The molecule has 0 fully saturated rings. The van der Waals surface area contributed by atoms with Gasteiger partial charge in [-0.25, -0.2) is 0 Å². The normalized spacial score (nSPS) is 10.8. The number of aryl methyl sites for hydroxylation is 1. The molecule has 0 bridgehead atoms. The van der Waals surface area contributed by atoms with Crippen LogP contribution in [-0.4, -0.2) is 16.0 Å². The number of hydrogen-bond acceptors (Lipinski definition) is 5. The molecule has 27 heavy (non-hydrogen) atoms. The molecule has 0 radical (unpaired) electrons. The van der Waals surface area contributed by atoms with Crippen molar-refractivity contribution in [1.82, 2.24) is 10.1 Å². The largest absolute Gasteiger partial charge is 0.457 e. The second kappa shape index (κ2) is 8.98. The summed E-state index contributed by atoms with van der Waals surface area (Å²) in [6.45, 7) is 4.02. The van der Waals surface area contributed by atoms with Crippen molar-refractivity contribution in [3.8, 4) is 11.5 Å². The first-order valence-electron chi connectivity index (χ1n) is 9.05. The molecular weight excluding hydrogens is 342 g/mol. The van der Waals surface area contributed by atoms with Crippen molar-refractivity contribution in [3.05, 3.63) is 66.3 Å². The Morgan fingerprint density at radius 1 is 1.07 bits per heavy atom. The maximum atomic E-state index is 12.1. The number of carbonyl (C=O) groups excluding carboxylic acids is 1. The third kappa shape index (κ3) is 5.67. The lowest BCUT2D eigenvalue weighted by atomic mass is 10.2. The minimum atomic E-state index is -0.0460. The molecule has 3 aromatic rings. The van der Waals surface area contributed by atoms with Crippen LogP contribution in [0.25, 0.3) is 0 Å². The molecule has 0 aliphatic heterocycles. The van der Waals surface area contributed by atoms with E-state index in [4.69, 9.17) is 9.26 Å². The summed E-state index contributed by atoms with van der Waals surface area (Å²) in [6.07, 6.45) is 1.64. The fourth-order valence-electron chi connectivity index (χ4n) is 2.46. The maximum absolute atomic E-state index is 12.1. The molecular formula is C21H23N3O3. The highest BCUT2D eigenvalue weighted by molar-refractivity contribution is 5.90. The highest BCUT2D eigenvalue weighted by Gasteiger charge is 2.10. The Morgan fingerprint density at radius 2 is 1.78 bits per heavy atom. The highest BCUT2D eigenvalue weighted by Crippen LogP contribution is 2.22. The van der Waals surface area contributed by atoms with Crippen LogP contribution in [0.4, 0.5) is 5.69 Å². The zero-order valence-corrected chi connectivity index (χ0v) is 15.5. The van der Waals surface area contributed by atoms with Crippen LogP contribution in [0, 0.1) is 0 Å². The van der Waals surface area contributed by atoms with Crippen LogP contribution in [0.15, 0.2) is 59.1 Å². The van der Waals surface area contributed by atoms with Gasteiger partial charge in [-0.2, -0.15) is 4.98 Å². The molecule has 6 heteroatoms. The minimum absolute atomic E-state index is 0.0460. The quantitative estimate of drug-likeness (QED) is 0.611. The van der Waals surface area contributed by atoms with Gasteiger partial charge < -0.3 is 14.6 Å². The SMILES string of the molecule is CC(C)c1noc(CCCC(=O)Nc2ccc(Oc3ccccc3)cc2)n1. The van der Waals surface area contributed by atoms with E-state index < -0.39 is 0 Å². The molecule has 1 N–H and O–H groups in total. The predicted octanol–water partition coefficient (Wildman–Crippen LogP) is 4.95. The Hall–Kier alpha value is -3.15.